The molecule has 2 aliphatic rings. The summed E-state index contributed by atoms with van der Waals surface area (Å²) in [6.07, 6.45) is 2.02. The van der Waals surface area contributed by atoms with E-state index in [9.17, 15) is 9.59 Å². The van der Waals surface area contributed by atoms with E-state index in [0.717, 1.165) is 35.7 Å². The van der Waals surface area contributed by atoms with Crippen LogP contribution in [0.3, 0.4) is 0 Å². The molecule has 2 saturated heterocycles. The van der Waals surface area contributed by atoms with Gasteiger partial charge >= 0.3 is 0 Å². The molecule has 0 aliphatic carbocycles. The summed E-state index contributed by atoms with van der Waals surface area (Å²) in [5, 5.41) is 0. The summed E-state index contributed by atoms with van der Waals surface area (Å²) in [6, 6.07) is 19.6. The number of rotatable bonds is 5. The molecule has 170 valence electrons. The molecule has 5 rings (SSSR count). The van der Waals surface area contributed by atoms with Gasteiger partial charge in [-0.3, -0.25) is 14.5 Å². The lowest BCUT2D eigenvalue weighted by Crippen LogP contribution is -2.52. The predicted octanol–water partition coefficient (Wildman–Crippen LogP) is 3.52. The lowest BCUT2D eigenvalue weighted by Gasteiger charge is -2.37. The van der Waals surface area contributed by atoms with Crippen LogP contribution in [0.25, 0.3) is 11.1 Å². The fourth-order valence-corrected chi connectivity index (χ4v) is 4.73. The van der Waals surface area contributed by atoms with Crippen molar-refractivity contribution in [3.8, 4) is 16.9 Å². The molecule has 0 saturated carbocycles. The maximum absolute atomic E-state index is 12.8. The molecular formula is C26H27N3O4. The fourth-order valence-electron chi connectivity index (χ4n) is 4.73. The van der Waals surface area contributed by atoms with Gasteiger partial charge in [0, 0.05) is 56.4 Å². The van der Waals surface area contributed by atoms with Crippen LogP contribution in [0.5, 0.6) is 5.75 Å². The highest BCUT2D eigenvalue weighted by atomic mass is 16.5. The maximum Gasteiger partial charge on any atom is 0.289 e. The van der Waals surface area contributed by atoms with Crippen LogP contribution in [0.15, 0.2) is 71.3 Å². The van der Waals surface area contributed by atoms with Crippen LogP contribution in [0.1, 0.15) is 17.0 Å². The van der Waals surface area contributed by atoms with Crippen molar-refractivity contribution in [2.24, 2.45) is 0 Å². The summed E-state index contributed by atoms with van der Waals surface area (Å²) < 4.78 is 10.7. The highest BCUT2D eigenvalue weighted by Crippen LogP contribution is 2.32. The van der Waals surface area contributed by atoms with E-state index in [1.807, 2.05) is 58.3 Å². The fraction of sp³-hybridized carbons (Fsp3) is 0.308. The van der Waals surface area contributed by atoms with Gasteiger partial charge in [0.25, 0.3) is 5.91 Å². The molecule has 33 heavy (non-hydrogen) atoms. The lowest BCUT2D eigenvalue weighted by atomic mass is 10.0. The molecule has 0 N–H and O–H groups in total. The third-order valence-electron chi connectivity index (χ3n) is 6.55. The van der Waals surface area contributed by atoms with Gasteiger partial charge in [-0.05, 0) is 35.9 Å². The van der Waals surface area contributed by atoms with Gasteiger partial charge in [0.1, 0.15) is 5.75 Å². The van der Waals surface area contributed by atoms with Crippen LogP contribution in [0.4, 0.5) is 5.69 Å². The average Bonchev–Trinajstić information content (AvgIpc) is 3.54. The quantitative estimate of drug-likeness (QED) is 0.601. The number of nitrogens with zero attached hydrogens (tertiary/aromatic N) is 3. The number of para-hydroxylation sites is 1. The van der Waals surface area contributed by atoms with Crippen molar-refractivity contribution in [2.45, 2.75) is 12.5 Å². The van der Waals surface area contributed by atoms with E-state index in [1.54, 1.807) is 19.2 Å². The zero-order valence-electron chi connectivity index (χ0n) is 18.6. The van der Waals surface area contributed by atoms with Gasteiger partial charge in [0.2, 0.25) is 5.91 Å². The zero-order chi connectivity index (χ0) is 22.8. The van der Waals surface area contributed by atoms with Crippen LogP contribution >= 0.6 is 0 Å². The molecule has 1 atom stereocenters. The Morgan fingerprint density at radius 3 is 2.42 bits per heavy atom. The zero-order valence-corrected chi connectivity index (χ0v) is 18.6. The molecule has 2 aliphatic heterocycles. The second-order valence-corrected chi connectivity index (χ2v) is 8.41. The van der Waals surface area contributed by atoms with E-state index < -0.39 is 0 Å². The van der Waals surface area contributed by atoms with Crippen molar-refractivity contribution in [1.29, 1.82) is 0 Å². The minimum atomic E-state index is -0.0705. The number of hydrogen-bond acceptors (Lipinski definition) is 5. The largest absolute Gasteiger partial charge is 0.496 e. The maximum atomic E-state index is 12.8. The molecule has 3 heterocycles. The summed E-state index contributed by atoms with van der Waals surface area (Å²) in [6.45, 7) is 3.45. The van der Waals surface area contributed by atoms with Crippen molar-refractivity contribution in [3.63, 3.8) is 0 Å². The van der Waals surface area contributed by atoms with E-state index in [0.29, 0.717) is 31.8 Å². The van der Waals surface area contributed by atoms with Gasteiger partial charge in [-0.25, -0.2) is 0 Å². The number of piperazine rings is 1. The standard InChI is InChI=1S/C26H27N3O4/c1-32-23-6-3-2-5-22(23)19-8-10-20(11-9-19)29-18-21(17-25(29)30)27-12-14-28(15-13-27)26(31)24-7-4-16-33-24/h2-11,16,21H,12-15,17-18H2,1H3. The van der Waals surface area contributed by atoms with E-state index in [2.05, 4.69) is 4.90 Å². The van der Waals surface area contributed by atoms with Crippen LogP contribution < -0.4 is 9.64 Å². The number of ether oxygens (including phenoxy) is 1. The number of furan rings is 1. The third-order valence-corrected chi connectivity index (χ3v) is 6.55. The smallest absolute Gasteiger partial charge is 0.289 e. The molecule has 3 aromatic rings. The number of benzene rings is 2. The van der Waals surface area contributed by atoms with Gasteiger partial charge in [-0.2, -0.15) is 0 Å². The van der Waals surface area contributed by atoms with Crippen molar-refractivity contribution >= 4 is 17.5 Å². The van der Waals surface area contributed by atoms with Crippen LogP contribution in [0.2, 0.25) is 0 Å². The summed E-state index contributed by atoms with van der Waals surface area (Å²) in [7, 11) is 1.67. The van der Waals surface area contributed by atoms with Gasteiger partial charge in [-0.15, -0.1) is 0 Å². The number of amides is 2. The minimum absolute atomic E-state index is 0.0705. The van der Waals surface area contributed by atoms with Crippen molar-refractivity contribution in [3.05, 3.63) is 72.7 Å². The van der Waals surface area contributed by atoms with E-state index >= 15 is 0 Å². The highest BCUT2D eigenvalue weighted by Gasteiger charge is 2.36. The number of hydrogen-bond donors (Lipinski definition) is 0. The average molecular weight is 446 g/mol. The van der Waals surface area contributed by atoms with Crippen LogP contribution in [0, 0.1) is 0 Å². The molecule has 0 bridgehead atoms. The second kappa shape index (κ2) is 9.11. The Balaban J connectivity index is 1.22. The Morgan fingerprint density at radius 2 is 1.73 bits per heavy atom. The predicted molar refractivity (Wildman–Crippen MR) is 125 cm³/mol. The van der Waals surface area contributed by atoms with Crippen molar-refractivity contribution in [2.75, 3.05) is 44.7 Å². The Kier molecular flexibility index (Phi) is 5.88. The number of methoxy groups -OCH3 is 1. The second-order valence-electron chi connectivity index (χ2n) is 8.41. The Bertz CT molecular complexity index is 1120. The molecular weight excluding hydrogens is 418 g/mol. The topological polar surface area (TPSA) is 66.2 Å². The number of anilines is 1. The Morgan fingerprint density at radius 1 is 0.970 bits per heavy atom. The molecule has 0 spiro atoms. The number of carbonyl (C=O) groups excluding carboxylic acids is 2. The normalized spacial score (nSPS) is 19.2. The molecule has 1 aromatic heterocycles. The van der Waals surface area contributed by atoms with Crippen molar-refractivity contribution < 1.29 is 18.7 Å². The van der Waals surface area contributed by atoms with Gasteiger partial charge < -0.3 is 19.0 Å². The first-order valence-electron chi connectivity index (χ1n) is 11.2. The first kappa shape index (κ1) is 21.3. The molecule has 2 fully saturated rings. The first-order chi connectivity index (χ1) is 16.1. The summed E-state index contributed by atoms with van der Waals surface area (Å²) >= 11 is 0. The first-order valence-corrected chi connectivity index (χ1v) is 11.2. The molecule has 2 aromatic carbocycles. The van der Waals surface area contributed by atoms with Crippen LogP contribution in [-0.2, 0) is 4.79 Å². The van der Waals surface area contributed by atoms with Gasteiger partial charge in [0.15, 0.2) is 5.76 Å². The molecule has 7 nitrogen and oxygen atoms in total. The number of carbonyl (C=O) groups is 2. The third kappa shape index (κ3) is 4.24. The Hall–Kier alpha value is -3.58. The van der Waals surface area contributed by atoms with E-state index in [1.165, 1.54) is 6.26 Å². The van der Waals surface area contributed by atoms with Gasteiger partial charge in [0.05, 0.1) is 13.4 Å². The molecule has 2 amide bonds. The summed E-state index contributed by atoms with van der Waals surface area (Å²) in [5.74, 6) is 1.27. The molecule has 7 heteroatoms. The molecule has 0 radical (unpaired) electrons. The molecule has 1 unspecified atom stereocenters. The highest BCUT2D eigenvalue weighted by molar-refractivity contribution is 5.96. The monoisotopic (exact) mass is 445 g/mol. The SMILES string of the molecule is COc1ccccc1-c1ccc(N2CC(N3CCN(C(=O)c4ccco4)CC3)CC2=O)cc1. The lowest BCUT2D eigenvalue weighted by molar-refractivity contribution is -0.117. The van der Waals surface area contributed by atoms with Crippen molar-refractivity contribution in [1.82, 2.24) is 9.80 Å². The van der Waals surface area contributed by atoms with E-state index in [4.69, 9.17) is 9.15 Å². The van der Waals surface area contributed by atoms with Crippen LogP contribution in [-0.4, -0.2) is 67.5 Å². The summed E-state index contributed by atoms with van der Waals surface area (Å²) in [5.41, 5.74) is 2.99. The summed E-state index contributed by atoms with van der Waals surface area (Å²) in [4.78, 5) is 31.3. The Labute approximate surface area is 193 Å². The minimum Gasteiger partial charge on any atom is -0.496 e. The van der Waals surface area contributed by atoms with E-state index in [-0.39, 0.29) is 17.9 Å². The van der Waals surface area contributed by atoms with Gasteiger partial charge in [-0.1, -0.05) is 30.3 Å².